The summed E-state index contributed by atoms with van der Waals surface area (Å²) < 4.78 is 0. The van der Waals surface area contributed by atoms with E-state index in [0.717, 1.165) is 0 Å². The molecule has 5 heteroatoms. The van der Waals surface area contributed by atoms with Gasteiger partial charge in [0.25, 0.3) is 0 Å². The second kappa shape index (κ2) is 13.7. The molecule has 0 bridgehead atoms. The van der Waals surface area contributed by atoms with Crippen LogP contribution in [0.15, 0.2) is 0 Å². The van der Waals surface area contributed by atoms with Crippen molar-refractivity contribution in [3.63, 3.8) is 0 Å². The van der Waals surface area contributed by atoms with Crippen molar-refractivity contribution in [3.05, 3.63) is 0 Å². The summed E-state index contributed by atoms with van der Waals surface area (Å²) in [5.74, 6) is 0. The van der Waals surface area contributed by atoms with Crippen LogP contribution in [0.25, 0.3) is 0 Å². The standard InChI is InChI=1S/2C7H15P.2ClH.Pd/c2*1-8(2)7-5-3-4-6-7;;;/h2*7H,3-6H2,1-2H3;2*1H;/q;;;;+2. The van der Waals surface area contributed by atoms with Crippen molar-refractivity contribution in [2.45, 2.75) is 62.7 Å². The first-order chi connectivity index (χ1) is 9.02. The fourth-order valence-electron chi connectivity index (χ4n) is 3.01. The molecule has 0 heterocycles. The summed E-state index contributed by atoms with van der Waals surface area (Å²) in [5.41, 5.74) is 2.33. The van der Waals surface area contributed by atoms with Crippen molar-refractivity contribution in [1.82, 2.24) is 0 Å². The van der Waals surface area contributed by atoms with E-state index in [-0.39, 0.29) is 31.8 Å². The van der Waals surface area contributed by atoms with E-state index in [4.69, 9.17) is 19.1 Å². The average molecular weight is 440 g/mol. The van der Waals surface area contributed by atoms with Crippen LogP contribution in [-0.4, -0.2) is 38.0 Å². The molecular weight excluding hydrogens is 407 g/mol. The van der Waals surface area contributed by atoms with Gasteiger partial charge >= 0.3 is 35.0 Å². The molecule has 0 nitrogen and oxygen atoms in total. The summed E-state index contributed by atoms with van der Waals surface area (Å²) in [6.45, 7) is 9.78. The zero-order valence-corrected chi connectivity index (χ0v) is 18.0. The van der Waals surface area contributed by atoms with Crippen LogP contribution in [0.3, 0.4) is 0 Å². The molecule has 0 unspecified atom stereocenters. The third-order valence-electron chi connectivity index (χ3n) is 4.34. The Balaban J connectivity index is 0.000000284. The predicted octanol–water partition coefficient (Wildman–Crippen LogP) is 6.18. The van der Waals surface area contributed by atoms with Crippen molar-refractivity contribution >= 4 is 34.9 Å². The van der Waals surface area contributed by atoms with Crippen LogP contribution in [-0.2, 0) is 15.9 Å². The molecule has 2 saturated carbocycles. The summed E-state index contributed by atoms with van der Waals surface area (Å²) in [4.78, 5) is 0. The second-order valence-electron chi connectivity index (χ2n) is 6.16. The predicted molar refractivity (Wildman–Crippen MR) is 96.5 cm³/mol. The summed E-state index contributed by atoms with van der Waals surface area (Å²) >= 11 is -0.106. The van der Waals surface area contributed by atoms with E-state index in [2.05, 4.69) is 26.7 Å². The van der Waals surface area contributed by atoms with Gasteiger partial charge in [-0.3, -0.25) is 0 Å². The fraction of sp³-hybridized carbons (Fsp3) is 1.00. The SMILES string of the molecule is C[PH+](C)C1CCCC1.C[PH+](C)C1CCCC1.[Cl][Pd][Cl]. The molecule has 120 valence electrons. The Labute approximate surface area is 139 Å². The Bertz CT molecular complexity index is 172. The molecule has 0 aromatic rings. The van der Waals surface area contributed by atoms with E-state index in [1.807, 2.05) is 0 Å². The van der Waals surface area contributed by atoms with Crippen LogP contribution in [0.1, 0.15) is 51.4 Å². The minimum absolute atomic E-state index is 0.0877. The van der Waals surface area contributed by atoms with Crippen LogP contribution in [0.5, 0.6) is 0 Å². The van der Waals surface area contributed by atoms with E-state index >= 15 is 0 Å². The molecule has 0 amide bonds. The Morgan fingerprint density at radius 2 is 0.895 bits per heavy atom. The molecule has 0 aromatic heterocycles. The van der Waals surface area contributed by atoms with Crippen LogP contribution in [0, 0.1) is 0 Å². The maximum absolute atomic E-state index is 4.81. The normalized spacial score (nSPS) is 20.4. The number of rotatable bonds is 2. The molecular formula is C14H32Cl2P2Pd+2. The van der Waals surface area contributed by atoms with Gasteiger partial charge in [0, 0.05) is 26.7 Å². The first-order valence-electron chi connectivity index (χ1n) is 7.45. The number of hydrogen-bond acceptors (Lipinski definition) is 0. The molecule has 0 N–H and O–H groups in total. The third kappa shape index (κ3) is 11.3. The van der Waals surface area contributed by atoms with Crippen molar-refractivity contribution < 1.29 is 15.9 Å². The molecule has 0 spiro atoms. The summed E-state index contributed by atoms with van der Waals surface area (Å²) in [7, 11) is 9.80. The van der Waals surface area contributed by atoms with E-state index in [9.17, 15) is 0 Å². The number of halogens is 2. The molecule has 2 rings (SSSR count). The molecule has 0 aromatic carbocycles. The molecule has 0 saturated heterocycles. The first kappa shape index (κ1) is 21.1. The van der Waals surface area contributed by atoms with Gasteiger partial charge in [-0.1, -0.05) is 0 Å². The van der Waals surface area contributed by atoms with E-state index in [1.165, 1.54) is 37.0 Å². The van der Waals surface area contributed by atoms with Gasteiger partial charge < -0.3 is 0 Å². The molecule has 0 aliphatic heterocycles. The second-order valence-corrected chi connectivity index (χ2v) is 14.5. The van der Waals surface area contributed by atoms with Gasteiger partial charge in [0.1, 0.15) is 0 Å². The Hall–Kier alpha value is 2.10. The third-order valence-corrected chi connectivity index (χ3v) is 8.76. The van der Waals surface area contributed by atoms with Crippen molar-refractivity contribution in [3.8, 4) is 0 Å². The van der Waals surface area contributed by atoms with Gasteiger partial charge in [0.2, 0.25) is 0 Å². The topological polar surface area (TPSA) is 0 Å². The van der Waals surface area contributed by atoms with E-state index in [0.29, 0.717) is 0 Å². The molecule has 0 radical (unpaired) electrons. The van der Waals surface area contributed by atoms with Crippen LogP contribution >= 0.6 is 34.9 Å². The molecule has 2 aliphatic carbocycles. The Morgan fingerprint density at radius 1 is 0.684 bits per heavy atom. The van der Waals surface area contributed by atoms with Crippen molar-refractivity contribution in [2.75, 3.05) is 26.7 Å². The minimum atomic E-state index is -0.106. The van der Waals surface area contributed by atoms with Gasteiger partial charge in [-0.15, -0.1) is 0 Å². The Morgan fingerprint density at radius 3 is 1.00 bits per heavy atom. The van der Waals surface area contributed by atoms with Crippen LogP contribution in [0.2, 0.25) is 0 Å². The van der Waals surface area contributed by atoms with Gasteiger partial charge in [0.15, 0.2) is 0 Å². The molecule has 0 atom stereocenters. The molecule has 2 aliphatic rings. The van der Waals surface area contributed by atoms with Crippen LogP contribution in [0.4, 0.5) is 0 Å². The van der Waals surface area contributed by atoms with Crippen molar-refractivity contribution in [1.29, 1.82) is 0 Å². The van der Waals surface area contributed by atoms with E-state index < -0.39 is 0 Å². The first-order valence-corrected chi connectivity index (χ1v) is 16.6. The maximum atomic E-state index is 4.81. The monoisotopic (exact) mass is 438 g/mol. The Kier molecular flexibility index (Phi) is 15.3. The summed E-state index contributed by atoms with van der Waals surface area (Å²) in [6.07, 6.45) is 12.2. The summed E-state index contributed by atoms with van der Waals surface area (Å²) in [6, 6.07) is 0. The van der Waals surface area contributed by atoms with Gasteiger partial charge in [0.05, 0.1) is 11.3 Å². The molecule has 19 heavy (non-hydrogen) atoms. The van der Waals surface area contributed by atoms with Gasteiger partial charge in [-0.2, -0.15) is 0 Å². The van der Waals surface area contributed by atoms with Crippen LogP contribution < -0.4 is 0 Å². The van der Waals surface area contributed by atoms with Gasteiger partial charge in [-0.25, -0.2) is 0 Å². The fourth-order valence-corrected chi connectivity index (χ4v) is 6.13. The quantitative estimate of drug-likeness (QED) is 0.356. The number of hydrogen-bond donors (Lipinski definition) is 0. The molecule has 2 fully saturated rings. The zero-order valence-electron chi connectivity index (χ0n) is 12.9. The van der Waals surface area contributed by atoms with Crippen molar-refractivity contribution in [2.24, 2.45) is 0 Å². The van der Waals surface area contributed by atoms with E-state index in [1.54, 1.807) is 25.7 Å². The average Bonchev–Trinajstić information content (AvgIpc) is 3.05. The van der Waals surface area contributed by atoms with Gasteiger partial charge in [-0.05, 0) is 67.2 Å². The summed E-state index contributed by atoms with van der Waals surface area (Å²) in [5, 5.41) is 0. The zero-order chi connectivity index (χ0) is 14.7.